The van der Waals surface area contributed by atoms with Gasteiger partial charge in [-0.05, 0) is 55.5 Å². The van der Waals surface area contributed by atoms with Crippen molar-refractivity contribution in [3.05, 3.63) is 53.1 Å². The van der Waals surface area contributed by atoms with Gasteiger partial charge in [-0.2, -0.15) is 4.80 Å². The summed E-state index contributed by atoms with van der Waals surface area (Å²) >= 11 is 0. The number of hydrogen-bond donors (Lipinski definition) is 0. The lowest BCUT2D eigenvalue weighted by molar-refractivity contribution is 0.0633. The third kappa shape index (κ3) is 3.08. The topological polar surface area (TPSA) is 89.7 Å². The first-order valence-corrected chi connectivity index (χ1v) is 10.0. The minimum atomic E-state index is -0.0273. The zero-order chi connectivity index (χ0) is 20.0. The highest BCUT2D eigenvalue weighted by atomic mass is 16.2. The number of nitrogens with zero attached hydrogens (tertiary/aromatic N) is 7. The van der Waals surface area contributed by atoms with Crippen LogP contribution in [0.1, 0.15) is 46.7 Å². The fourth-order valence-electron chi connectivity index (χ4n) is 4.68. The number of benzene rings is 1. The molecule has 0 bridgehead atoms. The van der Waals surface area contributed by atoms with E-state index in [0.717, 1.165) is 55.9 Å². The zero-order valence-corrected chi connectivity index (χ0v) is 16.7. The van der Waals surface area contributed by atoms with Crippen molar-refractivity contribution in [3.63, 3.8) is 0 Å². The van der Waals surface area contributed by atoms with Crippen molar-refractivity contribution in [2.45, 2.75) is 38.0 Å². The number of carbonyl (C=O) groups is 1. The van der Waals surface area contributed by atoms with Gasteiger partial charge in [-0.15, -0.1) is 10.2 Å². The number of rotatable bonds is 2. The van der Waals surface area contributed by atoms with Crippen molar-refractivity contribution in [3.8, 4) is 11.4 Å². The Morgan fingerprint density at radius 1 is 1.17 bits per heavy atom. The smallest absolute Gasteiger partial charge is 0.253 e. The zero-order valence-electron chi connectivity index (χ0n) is 16.7. The molecule has 1 atom stereocenters. The number of amides is 1. The van der Waals surface area contributed by atoms with E-state index < -0.39 is 0 Å². The molecule has 2 aromatic heterocycles. The molecule has 1 spiro atoms. The molecule has 1 fully saturated rings. The van der Waals surface area contributed by atoms with Crippen molar-refractivity contribution in [1.29, 1.82) is 0 Å². The van der Waals surface area contributed by atoms with Gasteiger partial charge in [0.1, 0.15) is 5.82 Å². The average molecular weight is 389 g/mol. The number of carbonyl (C=O) groups excluding carboxylic acids is 1. The van der Waals surface area contributed by atoms with Crippen molar-refractivity contribution in [2.24, 2.45) is 7.05 Å². The van der Waals surface area contributed by atoms with Gasteiger partial charge in [-0.1, -0.05) is 12.1 Å². The summed E-state index contributed by atoms with van der Waals surface area (Å²) in [6, 6.07) is 7.46. The number of piperidine rings is 1. The van der Waals surface area contributed by atoms with E-state index in [9.17, 15) is 4.79 Å². The first-order valence-electron chi connectivity index (χ1n) is 10.0. The number of tetrazole rings is 1. The van der Waals surface area contributed by atoms with Gasteiger partial charge in [0.2, 0.25) is 5.82 Å². The number of likely N-dealkylation sites (tertiary alicyclic amines) is 1. The standard InChI is InChI=1S/C21H23N7O/c1-14-22-12-17-8-10-21(18(17)23-14)9-3-11-28(13-21)20(29)16-6-4-15(5-7-16)19-24-26-27(2)25-19/h4-7,12H,3,8-11,13H2,1-2H3. The molecule has 1 aromatic carbocycles. The van der Waals surface area contributed by atoms with Crippen LogP contribution in [0.4, 0.5) is 0 Å². The second kappa shape index (κ2) is 6.72. The van der Waals surface area contributed by atoms with Crippen LogP contribution in [0.2, 0.25) is 0 Å². The van der Waals surface area contributed by atoms with Gasteiger partial charge in [0, 0.05) is 35.8 Å². The van der Waals surface area contributed by atoms with Crippen LogP contribution < -0.4 is 0 Å². The molecule has 0 N–H and O–H groups in total. The lowest BCUT2D eigenvalue weighted by Crippen LogP contribution is -2.48. The summed E-state index contributed by atoms with van der Waals surface area (Å²) in [5.74, 6) is 1.43. The maximum Gasteiger partial charge on any atom is 0.253 e. The van der Waals surface area contributed by atoms with E-state index in [-0.39, 0.29) is 11.3 Å². The molecular weight excluding hydrogens is 366 g/mol. The Labute approximate surface area is 169 Å². The predicted molar refractivity (Wildman–Crippen MR) is 106 cm³/mol. The lowest BCUT2D eigenvalue weighted by Gasteiger charge is -2.40. The van der Waals surface area contributed by atoms with Crippen LogP contribution in [-0.4, -0.2) is 54.1 Å². The summed E-state index contributed by atoms with van der Waals surface area (Å²) in [7, 11) is 1.73. The summed E-state index contributed by atoms with van der Waals surface area (Å²) in [6.07, 6.45) is 6.08. The van der Waals surface area contributed by atoms with Gasteiger partial charge in [-0.3, -0.25) is 4.79 Å². The van der Waals surface area contributed by atoms with Crippen molar-refractivity contribution in [2.75, 3.05) is 13.1 Å². The summed E-state index contributed by atoms with van der Waals surface area (Å²) in [5, 5.41) is 12.1. The van der Waals surface area contributed by atoms with Gasteiger partial charge in [0.25, 0.3) is 5.91 Å². The second-order valence-corrected chi connectivity index (χ2v) is 8.08. The van der Waals surface area contributed by atoms with Crippen LogP contribution >= 0.6 is 0 Å². The molecule has 1 aliphatic carbocycles. The molecule has 148 valence electrons. The molecule has 3 aromatic rings. The molecule has 0 radical (unpaired) electrons. The molecule has 2 aliphatic rings. The Morgan fingerprint density at radius 2 is 2.00 bits per heavy atom. The van der Waals surface area contributed by atoms with Crippen LogP contribution in [0, 0.1) is 6.92 Å². The molecule has 29 heavy (non-hydrogen) atoms. The van der Waals surface area contributed by atoms with Crippen LogP contribution in [0.3, 0.4) is 0 Å². The van der Waals surface area contributed by atoms with Gasteiger partial charge < -0.3 is 4.90 Å². The quantitative estimate of drug-likeness (QED) is 0.667. The van der Waals surface area contributed by atoms with E-state index in [4.69, 9.17) is 4.98 Å². The highest BCUT2D eigenvalue weighted by Crippen LogP contribution is 2.44. The fraction of sp³-hybridized carbons (Fsp3) is 0.429. The van der Waals surface area contributed by atoms with E-state index in [1.54, 1.807) is 7.05 Å². The van der Waals surface area contributed by atoms with Crippen molar-refractivity contribution < 1.29 is 4.79 Å². The van der Waals surface area contributed by atoms with Crippen LogP contribution in [0.5, 0.6) is 0 Å². The predicted octanol–water partition coefficient (Wildman–Crippen LogP) is 2.10. The van der Waals surface area contributed by atoms with E-state index >= 15 is 0 Å². The summed E-state index contributed by atoms with van der Waals surface area (Å²) in [6.45, 7) is 3.45. The van der Waals surface area contributed by atoms with Crippen LogP contribution in [0.15, 0.2) is 30.5 Å². The fourth-order valence-corrected chi connectivity index (χ4v) is 4.68. The minimum Gasteiger partial charge on any atom is -0.338 e. The maximum absolute atomic E-state index is 13.2. The molecule has 1 amide bonds. The average Bonchev–Trinajstić information content (AvgIpc) is 3.32. The molecule has 3 heterocycles. The summed E-state index contributed by atoms with van der Waals surface area (Å²) in [4.78, 5) is 25.8. The number of hydrogen-bond acceptors (Lipinski definition) is 6. The molecule has 8 heteroatoms. The minimum absolute atomic E-state index is 0.0273. The summed E-state index contributed by atoms with van der Waals surface area (Å²) in [5.41, 5.74) is 3.91. The van der Waals surface area contributed by atoms with E-state index in [2.05, 4.69) is 20.4 Å². The van der Waals surface area contributed by atoms with Crippen molar-refractivity contribution >= 4 is 5.91 Å². The van der Waals surface area contributed by atoms with Gasteiger partial charge >= 0.3 is 0 Å². The Bertz CT molecular complexity index is 1070. The lowest BCUT2D eigenvalue weighted by atomic mass is 9.77. The first kappa shape index (κ1) is 17.9. The van der Waals surface area contributed by atoms with E-state index in [0.29, 0.717) is 11.4 Å². The van der Waals surface area contributed by atoms with Crippen LogP contribution in [0.25, 0.3) is 11.4 Å². The molecule has 1 aliphatic heterocycles. The Kier molecular flexibility index (Phi) is 4.15. The maximum atomic E-state index is 13.2. The van der Waals surface area contributed by atoms with Gasteiger partial charge in [0.05, 0.1) is 12.7 Å². The SMILES string of the molecule is Cc1ncc2c(n1)C1(CCCN(C(=O)c3ccc(-c4nnn(C)n4)cc3)C1)CC2. The third-order valence-electron chi connectivity index (χ3n) is 6.12. The summed E-state index contributed by atoms with van der Waals surface area (Å²) < 4.78 is 0. The number of aryl methyl sites for hydroxylation is 3. The van der Waals surface area contributed by atoms with E-state index in [1.165, 1.54) is 10.4 Å². The molecule has 1 unspecified atom stereocenters. The highest BCUT2D eigenvalue weighted by Gasteiger charge is 2.44. The van der Waals surface area contributed by atoms with Crippen molar-refractivity contribution in [1.82, 2.24) is 35.1 Å². The normalized spacial score (nSPS) is 20.8. The molecule has 0 saturated carbocycles. The largest absolute Gasteiger partial charge is 0.338 e. The van der Waals surface area contributed by atoms with E-state index in [1.807, 2.05) is 42.3 Å². The Balaban J connectivity index is 1.38. The monoisotopic (exact) mass is 389 g/mol. The molecule has 5 rings (SSSR count). The molecule has 8 nitrogen and oxygen atoms in total. The highest BCUT2D eigenvalue weighted by molar-refractivity contribution is 5.94. The number of aromatic nitrogens is 6. The number of fused-ring (bicyclic) bond motifs is 2. The van der Waals surface area contributed by atoms with Crippen LogP contribution in [-0.2, 0) is 18.9 Å². The second-order valence-electron chi connectivity index (χ2n) is 8.08. The first-order chi connectivity index (χ1) is 14.0. The van der Waals surface area contributed by atoms with Gasteiger partial charge in [0.15, 0.2) is 0 Å². The Hall–Kier alpha value is -3.16. The third-order valence-corrected chi connectivity index (χ3v) is 6.12. The molecular formula is C21H23N7O. The Morgan fingerprint density at radius 3 is 2.76 bits per heavy atom. The molecule has 1 saturated heterocycles. The van der Waals surface area contributed by atoms with Gasteiger partial charge in [-0.25, -0.2) is 9.97 Å².